The van der Waals surface area contributed by atoms with Crippen molar-refractivity contribution < 1.29 is 14.4 Å². The monoisotopic (exact) mass is 266 g/mol. The highest BCUT2D eigenvalue weighted by Crippen LogP contribution is 2.32. The highest BCUT2D eigenvalue weighted by Gasteiger charge is 2.30. The third-order valence-electron chi connectivity index (χ3n) is 3.64. The van der Waals surface area contributed by atoms with Crippen molar-refractivity contribution in [2.24, 2.45) is 5.92 Å². The maximum absolute atomic E-state index is 11.8. The highest BCUT2D eigenvalue weighted by molar-refractivity contribution is 5.90. The molecule has 0 bridgehead atoms. The van der Waals surface area contributed by atoms with E-state index in [1.54, 1.807) is 0 Å². The number of carbonyl (C=O) groups excluding carboxylic acids is 1. The predicted molar refractivity (Wildman–Crippen MR) is 65.3 cm³/mol. The molecule has 1 aliphatic heterocycles. The van der Waals surface area contributed by atoms with Gasteiger partial charge in [0.25, 0.3) is 11.7 Å². The molecule has 2 aliphatic rings. The molecular formula is C12H18N4O3. The van der Waals surface area contributed by atoms with Crippen molar-refractivity contribution >= 4 is 5.91 Å². The van der Waals surface area contributed by atoms with Gasteiger partial charge in [-0.25, -0.2) is 0 Å². The van der Waals surface area contributed by atoms with Gasteiger partial charge >= 0.3 is 0 Å². The van der Waals surface area contributed by atoms with Gasteiger partial charge in [0, 0.05) is 6.54 Å². The number of aliphatic hydroxyl groups excluding tert-OH is 1. The first-order valence-corrected chi connectivity index (χ1v) is 6.77. The summed E-state index contributed by atoms with van der Waals surface area (Å²) in [6, 6.07) is 0.0612. The Bertz CT molecular complexity index is 452. The van der Waals surface area contributed by atoms with Crippen LogP contribution in [0.4, 0.5) is 0 Å². The molecule has 2 fully saturated rings. The van der Waals surface area contributed by atoms with Crippen molar-refractivity contribution in [1.29, 1.82) is 0 Å². The van der Waals surface area contributed by atoms with Gasteiger partial charge < -0.3 is 20.3 Å². The van der Waals surface area contributed by atoms with Crippen LogP contribution in [0.25, 0.3) is 0 Å². The molecule has 3 N–H and O–H groups in total. The number of carbonyl (C=O) groups is 1. The number of aliphatic hydroxyl groups is 1. The van der Waals surface area contributed by atoms with E-state index in [4.69, 9.17) is 4.52 Å². The lowest BCUT2D eigenvalue weighted by Gasteiger charge is -2.08. The van der Waals surface area contributed by atoms with Crippen molar-refractivity contribution in [1.82, 2.24) is 20.8 Å². The van der Waals surface area contributed by atoms with E-state index in [0.29, 0.717) is 11.8 Å². The summed E-state index contributed by atoms with van der Waals surface area (Å²) in [7, 11) is 0. The fraction of sp³-hybridized carbons (Fsp3) is 0.750. The highest BCUT2D eigenvalue weighted by atomic mass is 16.5. The molecule has 1 aliphatic carbocycles. The number of aromatic nitrogens is 2. The van der Waals surface area contributed by atoms with E-state index in [-0.39, 0.29) is 18.4 Å². The quantitative estimate of drug-likeness (QED) is 0.693. The molecule has 1 aromatic heterocycles. The van der Waals surface area contributed by atoms with Gasteiger partial charge in [-0.15, -0.1) is 0 Å². The van der Waals surface area contributed by atoms with Crippen LogP contribution in [0.15, 0.2) is 4.52 Å². The summed E-state index contributed by atoms with van der Waals surface area (Å²) in [5.41, 5.74) is 0. The zero-order valence-electron chi connectivity index (χ0n) is 10.6. The topological polar surface area (TPSA) is 100 Å². The van der Waals surface area contributed by atoms with Gasteiger partial charge in [0.2, 0.25) is 5.89 Å². The molecule has 1 aromatic rings. The molecular weight excluding hydrogens is 248 g/mol. The SMILES string of the molecule is O=C(NCC(O)C1CC1)c1noc(C2CCCN2)n1. The second kappa shape index (κ2) is 5.26. The first-order valence-electron chi connectivity index (χ1n) is 6.77. The summed E-state index contributed by atoms with van der Waals surface area (Å²) in [6.07, 6.45) is 3.63. The van der Waals surface area contributed by atoms with Crippen molar-refractivity contribution in [3.8, 4) is 0 Å². The minimum atomic E-state index is -0.466. The molecule has 2 atom stereocenters. The summed E-state index contributed by atoms with van der Waals surface area (Å²) in [5.74, 6) is 0.439. The average Bonchev–Trinajstić information content (AvgIpc) is 2.94. The van der Waals surface area contributed by atoms with Gasteiger partial charge in [0.1, 0.15) is 0 Å². The van der Waals surface area contributed by atoms with E-state index >= 15 is 0 Å². The minimum Gasteiger partial charge on any atom is -0.391 e. The second-order valence-corrected chi connectivity index (χ2v) is 5.22. The van der Waals surface area contributed by atoms with E-state index in [2.05, 4.69) is 20.8 Å². The first-order chi connectivity index (χ1) is 9.24. The molecule has 1 saturated heterocycles. The summed E-state index contributed by atoms with van der Waals surface area (Å²) < 4.78 is 5.09. The Kier molecular flexibility index (Phi) is 3.48. The fourth-order valence-electron chi connectivity index (χ4n) is 2.29. The Balaban J connectivity index is 1.54. The van der Waals surface area contributed by atoms with Crippen molar-refractivity contribution in [2.75, 3.05) is 13.1 Å². The van der Waals surface area contributed by atoms with Crippen LogP contribution in [0.1, 0.15) is 48.2 Å². The Morgan fingerprint density at radius 1 is 1.53 bits per heavy atom. The normalized spacial score (nSPS) is 24.4. The third-order valence-corrected chi connectivity index (χ3v) is 3.64. The molecule has 104 valence electrons. The lowest BCUT2D eigenvalue weighted by Crippen LogP contribution is -2.33. The Morgan fingerprint density at radius 2 is 2.37 bits per heavy atom. The number of nitrogens with one attached hydrogen (secondary N) is 2. The standard InChI is InChI=1S/C12H18N4O3/c17-9(7-3-4-7)6-14-11(18)10-15-12(19-16-10)8-2-1-5-13-8/h7-9,13,17H,1-6H2,(H,14,18). The minimum absolute atomic E-state index is 0.0340. The molecule has 0 radical (unpaired) electrons. The zero-order valence-corrected chi connectivity index (χ0v) is 10.6. The maximum Gasteiger partial charge on any atom is 0.292 e. The smallest absolute Gasteiger partial charge is 0.292 e. The number of hydrogen-bond donors (Lipinski definition) is 3. The van der Waals surface area contributed by atoms with E-state index in [9.17, 15) is 9.90 Å². The van der Waals surface area contributed by atoms with Gasteiger partial charge in [-0.1, -0.05) is 5.16 Å². The van der Waals surface area contributed by atoms with Crippen LogP contribution in [-0.2, 0) is 0 Å². The summed E-state index contributed by atoms with van der Waals surface area (Å²) >= 11 is 0. The van der Waals surface area contributed by atoms with Gasteiger partial charge in [-0.05, 0) is 38.1 Å². The Labute approximate surface area is 110 Å². The summed E-state index contributed by atoms with van der Waals surface area (Å²) in [5, 5.41) is 19.2. The Hall–Kier alpha value is -1.47. The third kappa shape index (κ3) is 2.93. The molecule has 7 heteroatoms. The molecule has 0 spiro atoms. The van der Waals surface area contributed by atoms with Gasteiger partial charge in [0.15, 0.2) is 0 Å². The predicted octanol–water partition coefficient (Wildman–Crippen LogP) is -0.00520. The van der Waals surface area contributed by atoms with Gasteiger partial charge in [0.05, 0.1) is 12.1 Å². The number of nitrogens with zero attached hydrogens (tertiary/aromatic N) is 2. The van der Waals surface area contributed by atoms with Crippen LogP contribution < -0.4 is 10.6 Å². The lowest BCUT2D eigenvalue weighted by molar-refractivity contribution is 0.0888. The Morgan fingerprint density at radius 3 is 3.05 bits per heavy atom. The molecule has 2 unspecified atom stereocenters. The zero-order chi connectivity index (χ0) is 13.2. The molecule has 19 heavy (non-hydrogen) atoms. The largest absolute Gasteiger partial charge is 0.391 e. The van der Waals surface area contributed by atoms with E-state index < -0.39 is 12.0 Å². The second-order valence-electron chi connectivity index (χ2n) is 5.22. The molecule has 2 heterocycles. The van der Waals surface area contributed by atoms with Crippen LogP contribution in [0.3, 0.4) is 0 Å². The fourth-order valence-corrected chi connectivity index (χ4v) is 2.29. The van der Waals surface area contributed by atoms with Crippen molar-refractivity contribution in [3.05, 3.63) is 11.7 Å². The van der Waals surface area contributed by atoms with Crippen LogP contribution in [0, 0.1) is 5.92 Å². The molecule has 3 rings (SSSR count). The van der Waals surface area contributed by atoms with Gasteiger partial charge in [-0.3, -0.25) is 4.79 Å². The van der Waals surface area contributed by atoms with Gasteiger partial charge in [-0.2, -0.15) is 4.98 Å². The van der Waals surface area contributed by atoms with E-state index in [1.165, 1.54) is 0 Å². The number of rotatable bonds is 5. The van der Waals surface area contributed by atoms with Crippen molar-refractivity contribution in [3.63, 3.8) is 0 Å². The molecule has 7 nitrogen and oxygen atoms in total. The number of amides is 1. The summed E-state index contributed by atoms with van der Waals surface area (Å²) in [6.45, 7) is 1.18. The average molecular weight is 266 g/mol. The van der Waals surface area contributed by atoms with Crippen molar-refractivity contribution in [2.45, 2.75) is 37.8 Å². The molecule has 1 amide bonds. The number of hydrogen-bond acceptors (Lipinski definition) is 6. The van der Waals surface area contributed by atoms with E-state index in [1.807, 2.05) is 0 Å². The first kappa shape index (κ1) is 12.6. The molecule has 1 saturated carbocycles. The van der Waals surface area contributed by atoms with Crippen LogP contribution in [0.5, 0.6) is 0 Å². The lowest BCUT2D eigenvalue weighted by atomic mass is 10.2. The van der Waals surface area contributed by atoms with E-state index in [0.717, 1.165) is 32.2 Å². The summed E-state index contributed by atoms with van der Waals surface area (Å²) in [4.78, 5) is 15.9. The van der Waals surface area contributed by atoms with Crippen LogP contribution in [0.2, 0.25) is 0 Å². The van der Waals surface area contributed by atoms with Crippen LogP contribution in [-0.4, -0.2) is 40.3 Å². The maximum atomic E-state index is 11.8. The van der Waals surface area contributed by atoms with Crippen LogP contribution >= 0.6 is 0 Å². The molecule has 0 aromatic carbocycles.